The molecule has 0 bridgehead atoms. The molecule has 2 unspecified atom stereocenters. The van der Waals surface area contributed by atoms with Crippen LogP contribution in [0.1, 0.15) is 24.1 Å². The fourth-order valence-corrected chi connectivity index (χ4v) is 4.44. The third-order valence-corrected chi connectivity index (χ3v) is 5.61. The van der Waals surface area contributed by atoms with Gasteiger partial charge in [-0.3, -0.25) is 4.79 Å². The highest BCUT2D eigenvalue weighted by Crippen LogP contribution is 2.35. The fraction of sp³-hybridized carbons (Fsp3) is 0.500. The van der Waals surface area contributed by atoms with E-state index in [1.165, 1.54) is 7.11 Å². The van der Waals surface area contributed by atoms with E-state index < -0.39 is 26.8 Å². The Bertz CT molecular complexity index is 597. The summed E-state index contributed by atoms with van der Waals surface area (Å²) in [5.74, 6) is -1.28. The number of hydrogen-bond donors (Lipinski definition) is 1. The Morgan fingerprint density at radius 1 is 1.40 bits per heavy atom. The minimum atomic E-state index is -3.55. The molecule has 0 heterocycles. The Labute approximate surface area is 119 Å². The molecule has 0 saturated heterocycles. The van der Waals surface area contributed by atoms with Crippen molar-refractivity contribution in [1.29, 1.82) is 0 Å². The monoisotopic (exact) mass is 297 g/mol. The molecule has 110 valence electrons. The molecule has 20 heavy (non-hydrogen) atoms. The van der Waals surface area contributed by atoms with Gasteiger partial charge in [-0.15, -0.1) is 0 Å². The molecular formula is C14H19NO4S. The van der Waals surface area contributed by atoms with E-state index in [0.29, 0.717) is 13.0 Å². The summed E-state index contributed by atoms with van der Waals surface area (Å²) in [7, 11) is -2.35. The molecule has 0 fully saturated rings. The SMILES string of the molecule is CCNC1c2ccccc2CC1S(=O)(=O)CC(=O)OC. The lowest BCUT2D eigenvalue weighted by Crippen LogP contribution is -2.37. The summed E-state index contributed by atoms with van der Waals surface area (Å²) in [6.07, 6.45) is 0.438. The zero-order valence-electron chi connectivity index (χ0n) is 11.6. The topological polar surface area (TPSA) is 72.5 Å². The standard InChI is InChI=1S/C14H19NO4S/c1-3-15-14-11-7-5-4-6-10(11)8-12(14)20(17,18)9-13(16)19-2/h4-7,12,14-15H,3,8-9H2,1-2H3. The number of carbonyl (C=O) groups excluding carboxylic acids is 1. The highest BCUT2D eigenvalue weighted by Gasteiger charge is 2.41. The Balaban J connectivity index is 2.31. The predicted octanol–water partition coefficient (Wildman–Crippen LogP) is 0.850. The van der Waals surface area contributed by atoms with Crippen LogP contribution < -0.4 is 5.32 Å². The van der Waals surface area contributed by atoms with Crippen LogP contribution in [0.2, 0.25) is 0 Å². The van der Waals surface area contributed by atoms with Gasteiger partial charge in [0.05, 0.1) is 12.4 Å². The minimum absolute atomic E-state index is 0.258. The van der Waals surface area contributed by atoms with E-state index >= 15 is 0 Å². The Hall–Kier alpha value is -1.40. The molecule has 1 aliphatic carbocycles. The van der Waals surface area contributed by atoms with Crippen LogP contribution >= 0.6 is 0 Å². The van der Waals surface area contributed by atoms with Crippen LogP contribution in [0.25, 0.3) is 0 Å². The molecule has 2 atom stereocenters. The van der Waals surface area contributed by atoms with Gasteiger partial charge in [-0.2, -0.15) is 0 Å². The second-order valence-corrected chi connectivity index (χ2v) is 7.08. The van der Waals surface area contributed by atoms with Crippen LogP contribution in [0.4, 0.5) is 0 Å². The lowest BCUT2D eigenvalue weighted by atomic mass is 10.1. The van der Waals surface area contributed by atoms with Gasteiger partial charge in [0.15, 0.2) is 9.84 Å². The van der Waals surface area contributed by atoms with Crippen molar-refractivity contribution < 1.29 is 17.9 Å². The third kappa shape index (κ3) is 2.86. The minimum Gasteiger partial charge on any atom is -0.468 e. The molecule has 1 aromatic rings. The average Bonchev–Trinajstić information content (AvgIpc) is 2.79. The molecule has 6 heteroatoms. The van der Waals surface area contributed by atoms with Gasteiger partial charge in [-0.1, -0.05) is 31.2 Å². The van der Waals surface area contributed by atoms with Gasteiger partial charge < -0.3 is 10.1 Å². The van der Waals surface area contributed by atoms with Gasteiger partial charge in [0.25, 0.3) is 0 Å². The summed E-state index contributed by atoms with van der Waals surface area (Å²) >= 11 is 0. The fourth-order valence-electron chi connectivity index (χ4n) is 2.68. The van der Waals surface area contributed by atoms with Crippen LogP contribution in [-0.4, -0.2) is 39.0 Å². The van der Waals surface area contributed by atoms with Crippen LogP contribution in [0, 0.1) is 0 Å². The Morgan fingerprint density at radius 3 is 2.75 bits per heavy atom. The van der Waals surface area contributed by atoms with Gasteiger partial charge in [0.2, 0.25) is 0 Å². The maximum absolute atomic E-state index is 12.4. The van der Waals surface area contributed by atoms with Crippen LogP contribution in [0.15, 0.2) is 24.3 Å². The van der Waals surface area contributed by atoms with E-state index in [9.17, 15) is 13.2 Å². The predicted molar refractivity (Wildman–Crippen MR) is 76.2 cm³/mol. The summed E-state index contributed by atoms with van der Waals surface area (Å²) in [5, 5.41) is 2.60. The number of methoxy groups -OCH3 is 1. The number of sulfone groups is 1. The zero-order valence-corrected chi connectivity index (χ0v) is 12.4. The second kappa shape index (κ2) is 5.93. The van der Waals surface area contributed by atoms with Gasteiger partial charge >= 0.3 is 5.97 Å². The quantitative estimate of drug-likeness (QED) is 0.816. The van der Waals surface area contributed by atoms with Crippen molar-refractivity contribution >= 4 is 15.8 Å². The van der Waals surface area contributed by atoms with Crippen LogP contribution in [0.3, 0.4) is 0 Å². The van der Waals surface area contributed by atoms with E-state index in [1.54, 1.807) is 0 Å². The highest BCUT2D eigenvalue weighted by molar-refractivity contribution is 7.92. The summed E-state index contributed by atoms with van der Waals surface area (Å²) in [6, 6.07) is 7.42. The maximum Gasteiger partial charge on any atom is 0.320 e. The average molecular weight is 297 g/mol. The molecule has 2 rings (SSSR count). The van der Waals surface area contributed by atoms with Gasteiger partial charge in [0, 0.05) is 6.04 Å². The lowest BCUT2D eigenvalue weighted by Gasteiger charge is -2.21. The number of ether oxygens (including phenoxy) is 1. The molecule has 0 radical (unpaired) electrons. The Kier molecular flexibility index (Phi) is 4.45. The number of nitrogens with one attached hydrogen (secondary N) is 1. The van der Waals surface area contributed by atoms with E-state index in [1.807, 2.05) is 31.2 Å². The molecule has 0 aliphatic heterocycles. The molecule has 1 N–H and O–H groups in total. The smallest absolute Gasteiger partial charge is 0.320 e. The molecule has 0 saturated carbocycles. The third-order valence-electron chi connectivity index (χ3n) is 3.62. The molecule has 0 aromatic heterocycles. The normalized spacial score (nSPS) is 21.5. The number of rotatable bonds is 5. The van der Waals surface area contributed by atoms with E-state index in [0.717, 1.165) is 11.1 Å². The van der Waals surface area contributed by atoms with E-state index in [4.69, 9.17) is 0 Å². The summed E-state index contributed by atoms with van der Waals surface area (Å²) < 4.78 is 29.3. The largest absolute Gasteiger partial charge is 0.468 e. The van der Waals surface area contributed by atoms with Gasteiger partial charge in [0.1, 0.15) is 5.75 Å². The zero-order chi connectivity index (χ0) is 14.8. The maximum atomic E-state index is 12.4. The molecule has 0 amide bonds. The Morgan fingerprint density at radius 2 is 2.10 bits per heavy atom. The van der Waals surface area contributed by atoms with Crippen molar-refractivity contribution in [2.24, 2.45) is 0 Å². The number of fused-ring (bicyclic) bond motifs is 1. The molecule has 1 aromatic carbocycles. The number of carbonyl (C=O) groups is 1. The molecule has 0 spiro atoms. The van der Waals surface area contributed by atoms with Gasteiger partial charge in [-0.05, 0) is 24.1 Å². The molecule has 1 aliphatic rings. The molecular weight excluding hydrogens is 278 g/mol. The van der Waals surface area contributed by atoms with E-state index in [-0.39, 0.29) is 6.04 Å². The van der Waals surface area contributed by atoms with Crippen molar-refractivity contribution in [3.63, 3.8) is 0 Å². The first-order valence-electron chi connectivity index (χ1n) is 6.59. The van der Waals surface area contributed by atoms with Crippen molar-refractivity contribution in [2.75, 3.05) is 19.4 Å². The van der Waals surface area contributed by atoms with Gasteiger partial charge in [-0.25, -0.2) is 8.42 Å². The molecule has 5 nitrogen and oxygen atoms in total. The second-order valence-electron chi connectivity index (χ2n) is 4.86. The number of hydrogen-bond acceptors (Lipinski definition) is 5. The summed E-state index contributed by atoms with van der Waals surface area (Å²) in [6.45, 7) is 2.61. The number of benzene rings is 1. The number of esters is 1. The van der Waals surface area contributed by atoms with Crippen molar-refractivity contribution in [2.45, 2.75) is 24.6 Å². The van der Waals surface area contributed by atoms with Crippen molar-refractivity contribution in [1.82, 2.24) is 5.32 Å². The van der Waals surface area contributed by atoms with Crippen LogP contribution in [-0.2, 0) is 25.8 Å². The van der Waals surface area contributed by atoms with Crippen molar-refractivity contribution in [3.05, 3.63) is 35.4 Å². The lowest BCUT2D eigenvalue weighted by molar-refractivity contribution is -0.137. The first-order valence-corrected chi connectivity index (χ1v) is 8.30. The first kappa shape index (κ1) is 15.0. The highest BCUT2D eigenvalue weighted by atomic mass is 32.2. The van der Waals surface area contributed by atoms with Crippen molar-refractivity contribution in [3.8, 4) is 0 Å². The van der Waals surface area contributed by atoms with Crippen LogP contribution in [0.5, 0.6) is 0 Å². The first-order chi connectivity index (χ1) is 9.49. The summed E-state index contributed by atoms with van der Waals surface area (Å²) in [4.78, 5) is 11.3. The summed E-state index contributed by atoms with van der Waals surface area (Å²) in [5.41, 5.74) is 2.03. The van der Waals surface area contributed by atoms with E-state index in [2.05, 4.69) is 10.1 Å².